The third kappa shape index (κ3) is 2.52. The van der Waals surface area contributed by atoms with Crippen molar-refractivity contribution in [1.82, 2.24) is 0 Å². The van der Waals surface area contributed by atoms with E-state index < -0.39 is 0 Å². The zero-order valence-electron chi connectivity index (χ0n) is 12.6. The highest BCUT2D eigenvalue weighted by atomic mass is 79.9. The number of non-ortho nitro benzene ring substituents is 1. The summed E-state index contributed by atoms with van der Waals surface area (Å²) in [6, 6.07) is 10.8. The predicted molar refractivity (Wildman–Crippen MR) is 98.6 cm³/mol. The Morgan fingerprint density at radius 3 is 2.83 bits per heavy atom. The third-order valence-corrected chi connectivity index (χ3v) is 5.69. The van der Waals surface area contributed by atoms with Crippen LogP contribution in [0.1, 0.15) is 29.5 Å². The van der Waals surface area contributed by atoms with Crippen LogP contribution in [0.2, 0.25) is 5.02 Å². The second kappa shape index (κ2) is 5.90. The molecule has 0 spiro atoms. The van der Waals surface area contributed by atoms with Gasteiger partial charge in [-0.15, -0.1) is 0 Å². The molecule has 6 heteroatoms. The smallest absolute Gasteiger partial charge is 0.269 e. The molecule has 0 radical (unpaired) electrons. The quantitative estimate of drug-likeness (QED) is 0.388. The summed E-state index contributed by atoms with van der Waals surface area (Å²) in [6.07, 6.45) is 5.34. The van der Waals surface area contributed by atoms with Gasteiger partial charge in [0.1, 0.15) is 0 Å². The molecular formula is C18H14BrClN2O2. The number of rotatable bonds is 2. The van der Waals surface area contributed by atoms with Crippen LogP contribution in [-0.4, -0.2) is 4.92 Å². The molecule has 1 aliphatic heterocycles. The molecule has 4 rings (SSSR count). The normalized spacial score (nSPS) is 24.2. The zero-order chi connectivity index (χ0) is 16.8. The van der Waals surface area contributed by atoms with Crippen LogP contribution in [-0.2, 0) is 0 Å². The molecule has 0 fully saturated rings. The molecule has 4 nitrogen and oxygen atoms in total. The monoisotopic (exact) mass is 404 g/mol. The highest BCUT2D eigenvalue weighted by Gasteiger charge is 2.39. The van der Waals surface area contributed by atoms with E-state index in [2.05, 4.69) is 39.5 Å². The van der Waals surface area contributed by atoms with Gasteiger partial charge in [-0.25, -0.2) is 0 Å². The maximum Gasteiger partial charge on any atom is 0.269 e. The molecule has 0 aromatic heterocycles. The average Bonchev–Trinajstić information content (AvgIpc) is 3.04. The molecule has 0 unspecified atom stereocenters. The van der Waals surface area contributed by atoms with E-state index in [0.717, 1.165) is 22.1 Å². The summed E-state index contributed by atoms with van der Waals surface area (Å²) in [5, 5.41) is 15.2. The number of nitrogens with one attached hydrogen (secondary N) is 1. The van der Waals surface area contributed by atoms with Gasteiger partial charge in [0.05, 0.1) is 11.0 Å². The van der Waals surface area contributed by atoms with Crippen LogP contribution in [0.25, 0.3) is 0 Å². The minimum absolute atomic E-state index is 0.0499. The van der Waals surface area contributed by atoms with Gasteiger partial charge in [-0.05, 0) is 42.2 Å². The van der Waals surface area contributed by atoms with Gasteiger partial charge in [-0.3, -0.25) is 10.1 Å². The Kier molecular flexibility index (Phi) is 3.85. The summed E-state index contributed by atoms with van der Waals surface area (Å²) in [7, 11) is 0. The van der Waals surface area contributed by atoms with Gasteiger partial charge in [0, 0.05) is 38.8 Å². The van der Waals surface area contributed by atoms with E-state index in [9.17, 15) is 10.1 Å². The lowest BCUT2D eigenvalue weighted by Crippen LogP contribution is -2.29. The van der Waals surface area contributed by atoms with E-state index in [1.54, 1.807) is 12.1 Å². The number of benzene rings is 2. The van der Waals surface area contributed by atoms with Crippen LogP contribution in [0.15, 0.2) is 53.0 Å². The van der Waals surface area contributed by atoms with Crippen molar-refractivity contribution in [3.63, 3.8) is 0 Å². The summed E-state index contributed by atoms with van der Waals surface area (Å²) >= 11 is 9.92. The number of anilines is 1. The first-order chi connectivity index (χ1) is 11.5. The summed E-state index contributed by atoms with van der Waals surface area (Å²) in [6.45, 7) is 0. The lowest BCUT2D eigenvalue weighted by atomic mass is 9.77. The van der Waals surface area contributed by atoms with Crippen LogP contribution in [0.5, 0.6) is 0 Å². The van der Waals surface area contributed by atoms with Gasteiger partial charge < -0.3 is 5.32 Å². The molecule has 0 bridgehead atoms. The fourth-order valence-electron chi connectivity index (χ4n) is 3.76. The number of allylic oxidation sites excluding steroid dienone is 2. The van der Waals surface area contributed by atoms with Crippen molar-refractivity contribution in [2.24, 2.45) is 5.92 Å². The highest BCUT2D eigenvalue weighted by molar-refractivity contribution is 9.10. The molecular weight excluding hydrogens is 392 g/mol. The number of nitro groups is 1. The molecule has 24 heavy (non-hydrogen) atoms. The summed E-state index contributed by atoms with van der Waals surface area (Å²) in [5.41, 5.74) is 3.16. The van der Waals surface area contributed by atoms with Crippen LogP contribution < -0.4 is 5.32 Å². The molecule has 1 N–H and O–H groups in total. The second-order valence-corrected chi connectivity index (χ2v) is 7.49. The molecule has 2 aromatic carbocycles. The number of halogens is 2. The van der Waals surface area contributed by atoms with E-state index in [4.69, 9.17) is 11.6 Å². The minimum atomic E-state index is -0.377. The molecule has 0 amide bonds. The fraction of sp³-hybridized carbons (Fsp3) is 0.222. The largest absolute Gasteiger partial charge is 0.378 e. The molecule has 2 aromatic rings. The molecule has 1 aliphatic carbocycles. The minimum Gasteiger partial charge on any atom is -0.378 e. The van der Waals surface area contributed by atoms with Gasteiger partial charge in [0.15, 0.2) is 0 Å². The Morgan fingerprint density at radius 2 is 2.04 bits per heavy atom. The van der Waals surface area contributed by atoms with Crippen molar-refractivity contribution >= 4 is 38.9 Å². The SMILES string of the molecule is O=[N+]([O-])c1ccc(Cl)c([C@@H]2Nc3ccc(Br)cc3[C@H]3C=CC[C@H]32)c1. The van der Waals surface area contributed by atoms with Gasteiger partial charge in [0.25, 0.3) is 5.69 Å². The van der Waals surface area contributed by atoms with E-state index in [1.165, 1.54) is 11.6 Å². The molecule has 2 aliphatic rings. The topological polar surface area (TPSA) is 55.2 Å². The molecule has 3 atom stereocenters. The zero-order valence-corrected chi connectivity index (χ0v) is 14.9. The molecule has 1 heterocycles. The lowest BCUT2D eigenvalue weighted by molar-refractivity contribution is -0.384. The van der Waals surface area contributed by atoms with Gasteiger partial charge in [0.2, 0.25) is 0 Å². The number of fused-ring (bicyclic) bond motifs is 3. The highest BCUT2D eigenvalue weighted by Crippen LogP contribution is 2.51. The number of hydrogen-bond acceptors (Lipinski definition) is 3. The maximum atomic E-state index is 11.1. The number of nitro benzene ring substituents is 1. The van der Waals surface area contributed by atoms with Crippen molar-refractivity contribution in [1.29, 1.82) is 0 Å². The van der Waals surface area contributed by atoms with Crippen LogP contribution in [0, 0.1) is 16.0 Å². The summed E-state index contributed by atoms with van der Waals surface area (Å²) in [4.78, 5) is 10.8. The van der Waals surface area contributed by atoms with Crippen LogP contribution in [0.4, 0.5) is 11.4 Å². The van der Waals surface area contributed by atoms with Crippen molar-refractivity contribution in [2.45, 2.75) is 18.4 Å². The van der Waals surface area contributed by atoms with E-state index in [-0.39, 0.29) is 16.7 Å². The van der Waals surface area contributed by atoms with Crippen molar-refractivity contribution < 1.29 is 4.92 Å². The fourth-order valence-corrected chi connectivity index (χ4v) is 4.37. The standard InChI is InChI=1S/C18H14BrClN2O2/c19-10-4-7-17-14(8-10)12-2-1-3-13(12)18(21-17)15-9-11(22(23)24)5-6-16(15)20/h1-2,4-9,12-13,18,21H,3H2/t12-,13+,18+/m0/s1. The average molecular weight is 406 g/mol. The van der Waals surface area contributed by atoms with Crippen molar-refractivity contribution in [3.05, 3.63) is 79.3 Å². The van der Waals surface area contributed by atoms with E-state index >= 15 is 0 Å². The first-order valence-electron chi connectivity index (χ1n) is 7.71. The first-order valence-corrected chi connectivity index (χ1v) is 8.88. The Labute approximate surface area is 152 Å². The summed E-state index contributed by atoms with van der Waals surface area (Å²) < 4.78 is 1.05. The lowest BCUT2D eigenvalue weighted by Gasteiger charge is -2.37. The van der Waals surface area contributed by atoms with Gasteiger partial charge in [-0.2, -0.15) is 0 Å². The van der Waals surface area contributed by atoms with Crippen LogP contribution >= 0.6 is 27.5 Å². The van der Waals surface area contributed by atoms with Gasteiger partial charge in [-0.1, -0.05) is 39.7 Å². The van der Waals surface area contributed by atoms with Crippen LogP contribution in [0.3, 0.4) is 0 Å². The maximum absolute atomic E-state index is 11.1. The molecule has 0 saturated heterocycles. The van der Waals surface area contributed by atoms with E-state index in [0.29, 0.717) is 16.9 Å². The first kappa shape index (κ1) is 15.7. The number of hydrogen-bond donors (Lipinski definition) is 1. The Hall–Kier alpha value is -1.85. The number of nitrogens with zero attached hydrogens (tertiary/aromatic N) is 1. The summed E-state index contributed by atoms with van der Waals surface area (Å²) in [5.74, 6) is 0.588. The Balaban J connectivity index is 1.81. The molecule has 122 valence electrons. The predicted octanol–water partition coefficient (Wildman–Crippen LogP) is 5.84. The van der Waals surface area contributed by atoms with E-state index in [1.807, 2.05) is 12.1 Å². The molecule has 0 saturated carbocycles. The Bertz CT molecular complexity index is 868. The van der Waals surface area contributed by atoms with Crippen molar-refractivity contribution in [2.75, 3.05) is 5.32 Å². The van der Waals surface area contributed by atoms with Gasteiger partial charge >= 0.3 is 0 Å². The third-order valence-electron chi connectivity index (χ3n) is 4.85. The Morgan fingerprint density at radius 1 is 1.21 bits per heavy atom. The second-order valence-electron chi connectivity index (χ2n) is 6.17. The van der Waals surface area contributed by atoms with Crippen molar-refractivity contribution in [3.8, 4) is 0 Å².